The predicted molar refractivity (Wildman–Crippen MR) is 78.5 cm³/mol. The molecule has 1 heterocycles. The van der Waals surface area contributed by atoms with Crippen LogP contribution in [0.3, 0.4) is 0 Å². The molecule has 0 radical (unpaired) electrons. The number of halogens is 1. The minimum Gasteiger partial charge on any atom is -0.367 e. The molecule has 2 rings (SSSR count). The molecule has 1 aromatic rings. The zero-order valence-electron chi connectivity index (χ0n) is 11.5. The van der Waals surface area contributed by atoms with Crippen molar-refractivity contribution in [2.45, 2.75) is 26.4 Å². The fourth-order valence-electron chi connectivity index (χ4n) is 2.23. The summed E-state index contributed by atoms with van der Waals surface area (Å²) in [5.41, 5.74) is 1.65. The predicted octanol–water partition coefficient (Wildman–Crippen LogP) is 1.89. The first-order valence-electron chi connectivity index (χ1n) is 6.68. The number of benzene rings is 1. The third kappa shape index (κ3) is 3.76. The Balaban J connectivity index is 2.19. The van der Waals surface area contributed by atoms with Crippen molar-refractivity contribution in [1.82, 2.24) is 5.32 Å². The normalized spacial score (nSPS) is 17.2. The summed E-state index contributed by atoms with van der Waals surface area (Å²) in [4.78, 5) is 2.02. The molecule has 1 saturated heterocycles. The van der Waals surface area contributed by atoms with Gasteiger partial charge >= 0.3 is 0 Å². The van der Waals surface area contributed by atoms with Crippen molar-refractivity contribution in [3.63, 3.8) is 0 Å². The molecular formula is C14H21FN2OS. The molecule has 0 aromatic heterocycles. The van der Waals surface area contributed by atoms with Crippen LogP contribution in [-0.4, -0.2) is 34.8 Å². The Morgan fingerprint density at radius 3 is 2.68 bits per heavy atom. The fraction of sp³-hybridized carbons (Fsp3) is 0.571. The average molecular weight is 284 g/mol. The van der Waals surface area contributed by atoms with Crippen LogP contribution in [0.5, 0.6) is 0 Å². The van der Waals surface area contributed by atoms with Crippen molar-refractivity contribution in [3.05, 3.63) is 29.6 Å². The van der Waals surface area contributed by atoms with Gasteiger partial charge in [0.1, 0.15) is 5.82 Å². The summed E-state index contributed by atoms with van der Waals surface area (Å²) in [6.07, 6.45) is 0. The standard InChI is InChI=1S/C14H21FN2OS/c1-11(2)16-10-12-4-3-5-13(15)14(12)17-6-8-19(18)9-7-17/h3-5,11,16H,6-10H2,1-2H3. The third-order valence-corrected chi connectivity index (χ3v) is 4.54. The lowest BCUT2D eigenvalue weighted by atomic mass is 10.1. The lowest BCUT2D eigenvalue weighted by Crippen LogP contribution is -2.39. The second-order valence-corrected chi connectivity index (χ2v) is 6.81. The first kappa shape index (κ1) is 14.5. The van der Waals surface area contributed by atoms with Crippen LogP contribution in [0.4, 0.5) is 10.1 Å². The topological polar surface area (TPSA) is 32.3 Å². The van der Waals surface area contributed by atoms with E-state index >= 15 is 0 Å². The fourth-order valence-corrected chi connectivity index (χ4v) is 3.28. The number of nitrogens with one attached hydrogen (secondary N) is 1. The van der Waals surface area contributed by atoms with Gasteiger partial charge in [-0.1, -0.05) is 26.0 Å². The Hall–Kier alpha value is -0.940. The molecule has 0 spiro atoms. The van der Waals surface area contributed by atoms with Gasteiger partial charge in [0, 0.05) is 48.0 Å². The lowest BCUT2D eigenvalue weighted by Gasteiger charge is -2.30. The van der Waals surface area contributed by atoms with Crippen molar-refractivity contribution in [3.8, 4) is 0 Å². The van der Waals surface area contributed by atoms with E-state index in [1.165, 1.54) is 6.07 Å². The van der Waals surface area contributed by atoms with Gasteiger partial charge in [-0.3, -0.25) is 4.21 Å². The van der Waals surface area contributed by atoms with Crippen LogP contribution < -0.4 is 10.2 Å². The van der Waals surface area contributed by atoms with Crippen LogP contribution in [0.1, 0.15) is 19.4 Å². The maximum atomic E-state index is 14.1. The summed E-state index contributed by atoms with van der Waals surface area (Å²) in [6, 6.07) is 5.57. The van der Waals surface area contributed by atoms with Crippen LogP contribution in [0.15, 0.2) is 18.2 Å². The minimum absolute atomic E-state index is 0.185. The largest absolute Gasteiger partial charge is 0.367 e. The van der Waals surface area contributed by atoms with E-state index in [0.29, 0.717) is 42.9 Å². The van der Waals surface area contributed by atoms with E-state index in [1.807, 2.05) is 11.0 Å². The number of nitrogens with zero attached hydrogens (tertiary/aromatic N) is 1. The third-order valence-electron chi connectivity index (χ3n) is 3.27. The Morgan fingerprint density at radius 2 is 2.05 bits per heavy atom. The molecule has 1 fully saturated rings. The van der Waals surface area contributed by atoms with Gasteiger partial charge in [0.25, 0.3) is 0 Å². The number of hydrogen-bond acceptors (Lipinski definition) is 3. The molecule has 1 aliphatic rings. The van der Waals surface area contributed by atoms with Gasteiger partial charge in [-0.2, -0.15) is 0 Å². The molecule has 19 heavy (non-hydrogen) atoms. The first-order chi connectivity index (χ1) is 9.08. The van der Waals surface area contributed by atoms with Crippen LogP contribution in [0.2, 0.25) is 0 Å². The molecule has 5 heteroatoms. The molecule has 0 saturated carbocycles. The van der Waals surface area contributed by atoms with E-state index in [1.54, 1.807) is 6.07 Å². The molecule has 1 N–H and O–H groups in total. The monoisotopic (exact) mass is 284 g/mol. The maximum Gasteiger partial charge on any atom is 0.146 e. The summed E-state index contributed by atoms with van der Waals surface area (Å²) < 4.78 is 25.5. The molecular weight excluding hydrogens is 263 g/mol. The first-order valence-corrected chi connectivity index (χ1v) is 8.17. The van der Waals surface area contributed by atoms with E-state index in [-0.39, 0.29) is 5.82 Å². The molecule has 1 aliphatic heterocycles. The summed E-state index contributed by atoms with van der Waals surface area (Å²) in [6.45, 7) is 6.14. The van der Waals surface area contributed by atoms with Crippen molar-refractivity contribution in [2.75, 3.05) is 29.5 Å². The summed E-state index contributed by atoms with van der Waals surface area (Å²) in [7, 11) is -0.739. The van der Waals surface area contributed by atoms with Gasteiger partial charge in [0.15, 0.2) is 0 Å². The highest BCUT2D eigenvalue weighted by Gasteiger charge is 2.20. The SMILES string of the molecule is CC(C)NCc1cccc(F)c1N1CCS(=O)CC1. The van der Waals surface area contributed by atoms with Crippen molar-refractivity contribution < 1.29 is 8.60 Å². The second-order valence-electron chi connectivity index (χ2n) is 5.12. The van der Waals surface area contributed by atoms with Crippen LogP contribution in [-0.2, 0) is 17.3 Å². The van der Waals surface area contributed by atoms with E-state index < -0.39 is 10.8 Å². The maximum absolute atomic E-state index is 14.1. The number of rotatable bonds is 4. The second kappa shape index (κ2) is 6.48. The van der Waals surface area contributed by atoms with Gasteiger partial charge in [-0.05, 0) is 11.6 Å². The van der Waals surface area contributed by atoms with Gasteiger partial charge < -0.3 is 10.2 Å². The Bertz CT molecular complexity index is 455. The Labute approximate surface area is 116 Å². The summed E-state index contributed by atoms with van der Waals surface area (Å²) in [5, 5.41) is 3.32. The van der Waals surface area contributed by atoms with E-state index in [4.69, 9.17) is 0 Å². The van der Waals surface area contributed by atoms with Crippen molar-refractivity contribution >= 4 is 16.5 Å². The highest BCUT2D eigenvalue weighted by molar-refractivity contribution is 7.85. The van der Waals surface area contributed by atoms with Crippen LogP contribution in [0, 0.1) is 5.82 Å². The minimum atomic E-state index is -0.739. The lowest BCUT2D eigenvalue weighted by molar-refractivity contribution is 0.577. The summed E-state index contributed by atoms with van der Waals surface area (Å²) >= 11 is 0. The highest BCUT2D eigenvalue weighted by Crippen LogP contribution is 2.25. The number of para-hydroxylation sites is 1. The van der Waals surface area contributed by atoms with E-state index in [9.17, 15) is 8.60 Å². The van der Waals surface area contributed by atoms with Crippen LogP contribution >= 0.6 is 0 Å². The molecule has 3 nitrogen and oxygen atoms in total. The Kier molecular flexibility index (Phi) is 4.93. The van der Waals surface area contributed by atoms with Gasteiger partial charge in [-0.25, -0.2) is 4.39 Å². The molecule has 0 bridgehead atoms. The van der Waals surface area contributed by atoms with Crippen LogP contribution in [0.25, 0.3) is 0 Å². The van der Waals surface area contributed by atoms with Crippen molar-refractivity contribution in [1.29, 1.82) is 0 Å². The van der Waals surface area contributed by atoms with Gasteiger partial charge in [0.05, 0.1) is 5.69 Å². The van der Waals surface area contributed by atoms with E-state index in [0.717, 1.165) is 5.56 Å². The van der Waals surface area contributed by atoms with Gasteiger partial charge in [-0.15, -0.1) is 0 Å². The molecule has 0 amide bonds. The smallest absolute Gasteiger partial charge is 0.146 e. The summed E-state index contributed by atoms with van der Waals surface area (Å²) in [5.74, 6) is 1.08. The molecule has 106 valence electrons. The van der Waals surface area contributed by atoms with Crippen molar-refractivity contribution in [2.24, 2.45) is 0 Å². The molecule has 0 aliphatic carbocycles. The molecule has 1 aromatic carbocycles. The highest BCUT2D eigenvalue weighted by atomic mass is 32.2. The molecule has 0 unspecified atom stereocenters. The van der Waals surface area contributed by atoms with Gasteiger partial charge in [0.2, 0.25) is 0 Å². The average Bonchev–Trinajstić information content (AvgIpc) is 2.38. The zero-order chi connectivity index (χ0) is 13.8. The Morgan fingerprint density at radius 1 is 1.37 bits per heavy atom. The quantitative estimate of drug-likeness (QED) is 0.916. The van der Waals surface area contributed by atoms with E-state index in [2.05, 4.69) is 19.2 Å². The zero-order valence-corrected chi connectivity index (χ0v) is 12.3. The number of anilines is 1. The number of hydrogen-bond donors (Lipinski definition) is 1. The molecule has 0 atom stereocenters.